The molecule has 1 aliphatic heterocycles. The molecular weight excluding hydrogens is 436 g/mol. The maximum absolute atomic E-state index is 13.1. The molecule has 34 heavy (non-hydrogen) atoms. The summed E-state index contributed by atoms with van der Waals surface area (Å²) < 4.78 is 10.3. The average molecular weight is 467 g/mol. The highest BCUT2D eigenvalue weighted by Gasteiger charge is 2.46. The van der Waals surface area contributed by atoms with E-state index < -0.39 is 23.7 Å². The quantitative estimate of drug-likeness (QED) is 0.199. The SMILES string of the molecule is CCN(CC)CCN1C(=O)C(=O)/C(=C(\O)c2ccc(OC)cc2)C1c1ccc(OC(C)=O)cc1. The molecule has 3 rings (SSSR count). The first-order chi connectivity index (χ1) is 16.3. The van der Waals surface area contributed by atoms with Crippen molar-refractivity contribution < 1.29 is 29.0 Å². The number of aliphatic hydroxyl groups is 1. The fraction of sp³-hybridized carbons (Fsp3) is 0.346. The summed E-state index contributed by atoms with van der Waals surface area (Å²) in [6, 6.07) is 12.5. The maximum Gasteiger partial charge on any atom is 0.308 e. The average Bonchev–Trinajstić information content (AvgIpc) is 3.09. The van der Waals surface area contributed by atoms with Crippen LogP contribution in [0.2, 0.25) is 0 Å². The Bertz CT molecular complexity index is 1070. The molecule has 1 unspecified atom stereocenters. The number of carbonyl (C=O) groups excluding carboxylic acids is 3. The third kappa shape index (κ3) is 5.28. The van der Waals surface area contributed by atoms with Crippen LogP contribution in [0.15, 0.2) is 54.1 Å². The highest BCUT2D eigenvalue weighted by atomic mass is 16.5. The molecule has 2 aromatic rings. The zero-order valence-corrected chi connectivity index (χ0v) is 19.9. The molecule has 0 spiro atoms. The van der Waals surface area contributed by atoms with Crippen LogP contribution in [0.25, 0.3) is 5.76 Å². The van der Waals surface area contributed by atoms with Gasteiger partial charge in [0.15, 0.2) is 0 Å². The minimum Gasteiger partial charge on any atom is -0.507 e. The number of Topliss-reactive ketones (excluding diaryl/α,β-unsaturated/α-hetero) is 1. The molecule has 0 aliphatic carbocycles. The summed E-state index contributed by atoms with van der Waals surface area (Å²) in [6.07, 6.45) is 0. The molecule has 1 N–H and O–H groups in total. The second-order valence-corrected chi connectivity index (χ2v) is 7.91. The van der Waals surface area contributed by atoms with Crippen LogP contribution in [0, 0.1) is 0 Å². The van der Waals surface area contributed by atoms with Crippen LogP contribution < -0.4 is 9.47 Å². The summed E-state index contributed by atoms with van der Waals surface area (Å²) in [5.74, 6) is -1.13. The number of aliphatic hydroxyl groups excluding tert-OH is 1. The highest BCUT2D eigenvalue weighted by molar-refractivity contribution is 6.46. The molecule has 1 amide bonds. The molecule has 1 saturated heterocycles. The minimum atomic E-state index is -0.774. The Hall–Kier alpha value is -3.65. The smallest absolute Gasteiger partial charge is 0.308 e. The van der Waals surface area contributed by atoms with Crippen LogP contribution in [0.1, 0.15) is 37.9 Å². The molecule has 1 heterocycles. The van der Waals surface area contributed by atoms with Gasteiger partial charge >= 0.3 is 5.97 Å². The number of methoxy groups -OCH3 is 1. The Kier molecular flexibility index (Phi) is 8.07. The summed E-state index contributed by atoms with van der Waals surface area (Å²) >= 11 is 0. The van der Waals surface area contributed by atoms with Gasteiger partial charge in [-0.05, 0) is 55.1 Å². The molecule has 1 fully saturated rings. The van der Waals surface area contributed by atoms with E-state index in [1.165, 1.54) is 18.9 Å². The Labute approximate surface area is 199 Å². The highest BCUT2D eigenvalue weighted by Crippen LogP contribution is 2.39. The number of amides is 1. The Morgan fingerprint density at radius 2 is 1.59 bits per heavy atom. The van der Waals surface area contributed by atoms with Crippen LogP contribution in [-0.2, 0) is 14.4 Å². The number of likely N-dealkylation sites (N-methyl/N-ethyl adjacent to an activating group) is 1. The fourth-order valence-electron chi connectivity index (χ4n) is 4.03. The number of esters is 1. The van der Waals surface area contributed by atoms with Crippen LogP contribution in [0.3, 0.4) is 0 Å². The van der Waals surface area contributed by atoms with Crippen molar-refractivity contribution in [2.24, 2.45) is 0 Å². The molecule has 1 atom stereocenters. The fourth-order valence-corrected chi connectivity index (χ4v) is 4.03. The Balaban J connectivity index is 2.06. The third-order valence-electron chi connectivity index (χ3n) is 5.91. The van der Waals surface area contributed by atoms with E-state index in [9.17, 15) is 19.5 Å². The van der Waals surface area contributed by atoms with Crippen LogP contribution in [0.5, 0.6) is 11.5 Å². The summed E-state index contributed by atoms with van der Waals surface area (Å²) in [5.41, 5.74) is 1.06. The standard InChI is InChI=1S/C26H30N2O6/c1-5-27(6-2)15-16-28-23(18-7-13-21(14-8-18)34-17(3)29)22(25(31)26(28)32)24(30)19-9-11-20(33-4)12-10-19/h7-14,23,30H,5-6,15-16H2,1-4H3/b24-22-. The van der Waals surface area contributed by atoms with Gasteiger partial charge in [0.05, 0.1) is 18.7 Å². The lowest BCUT2D eigenvalue weighted by molar-refractivity contribution is -0.140. The van der Waals surface area contributed by atoms with Gasteiger partial charge in [-0.1, -0.05) is 26.0 Å². The largest absolute Gasteiger partial charge is 0.507 e. The van der Waals surface area contributed by atoms with Crippen molar-refractivity contribution in [2.75, 3.05) is 33.3 Å². The van der Waals surface area contributed by atoms with Crippen molar-refractivity contribution in [3.05, 3.63) is 65.2 Å². The van der Waals surface area contributed by atoms with E-state index in [1.807, 2.05) is 13.8 Å². The normalized spacial score (nSPS) is 17.3. The van der Waals surface area contributed by atoms with Gasteiger partial charge in [-0.3, -0.25) is 14.4 Å². The lowest BCUT2D eigenvalue weighted by atomic mass is 9.95. The van der Waals surface area contributed by atoms with Crippen molar-refractivity contribution in [3.63, 3.8) is 0 Å². The molecule has 1 aliphatic rings. The van der Waals surface area contributed by atoms with Crippen molar-refractivity contribution in [3.8, 4) is 11.5 Å². The predicted octanol–water partition coefficient (Wildman–Crippen LogP) is 3.38. The van der Waals surface area contributed by atoms with Crippen LogP contribution >= 0.6 is 0 Å². The first kappa shape index (κ1) is 25.0. The zero-order chi connectivity index (χ0) is 24.8. The van der Waals surface area contributed by atoms with Crippen LogP contribution in [-0.4, -0.2) is 65.9 Å². The number of nitrogens with zero attached hydrogens (tertiary/aromatic N) is 2. The first-order valence-electron chi connectivity index (χ1n) is 11.2. The van der Waals surface area contributed by atoms with Gasteiger partial charge in [-0.25, -0.2) is 0 Å². The maximum atomic E-state index is 13.1. The summed E-state index contributed by atoms with van der Waals surface area (Å²) in [7, 11) is 1.54. The zero-order valence-electron chi connectivity index (χ0n) is 19.9. The lowest BCUT2D eigenvalue weighted by Crippen LogP contribution is -2.38. The van der Waals surface area contributed by atoms with Crippen molar-refractivity contribution in [1.82, 2.24) is 9.80 Å². The van der Waals surface area contributed by atoms with E-state index in [1.54, 1.807) is 48.5 Å². The van der Waals surface area contributed by atoms with Gasteiger partial charge < -0.3 is 24.4 Å². The molecular formula is C26H30N2O6. The van der Waals surface area contributed by atoms with Gasteiger partial charge in [0.25, 0.3) is 11.7 Å². The lowest BCUT2D eigenvalue weighted by Gasteiger charge is -2.28. The number of ether oxygens (including phenoxy) is 2. The third-order valence-corrected chi connectivity index (χ3v) is 5.91. The van der Waals surface area contributed by atoms with Gasteiger partial charge in [-0.15, -0.1) is 0 Å². The Morgan fingerprint density at radius 1 is 1.00 bits per heavy atom. The molecule has 0 bridgehead atoms. The second-order valence-electron chi connectivity index (χ2n) is 7.91. The van der Waals surface area contributed by atoms with E-state index in [0.29, 0.717) is 35.7 Å². The summed E-state index contributed by atoms with van der Waals surface area (Å²) in [5, 5.41) is 11.1. The minimum absolute atomic E-state index is 0.0231. The monoisotopic (exact) mass is 466 g/mol. The number of carbonyl (C=O) groups is 3. The van der Waals surface area contributed by atoms with E-state index >= 15 is 0 Å². The molecule has 0 saturated carbocycles. The van der Waals surface area contributed by atoms with Gasteiger partial charge in [0.2, 0.25) is 0 Å². The predicted molar refractivity (Wildman–Crippen MR) is 128 cm³/mol. The van der Waals surface area contributed by atoms with Gasteiger partial charge in [0, 0.05) is 25.6 Å². The van der Waals surface area contributed by atoms with Crippen LogP contribution in [0.4, 0.5) is 0 Å². The second kappa shape index (κ2) is 11.0. The molecule has 8 nitrogen and oxygen atoms in total. The number of rotatable bonds is 9. The number of hydrogen-bond donors (Lipinski definition) is 1. The summed E-state index contributed by atoms with van der Waals surface area (Å²) in [6.45, 7) is 7.92. The molecule has 0 radical (unpaired) electrons. The van der Waals surface area contributed by atoms with Gasteiger partial charge in [0.1, 0.15) is 17.3 Å². The van der Waals surface area contributed by atoms with Crippen molar-refractivity contribution >= 4 is 23.4 Å². The number of benzene rings is 2. The molecule has 2 aromatic carbocycles. The van der Waals surface area contributed by atoms with Crippen molar-refractivity contribution in [1.29, 1.82) is 0 Å². The Morgan fingerprint density at radius 3 is 2.12 bits per heavy atom. The number of likely N-dealkylation sites (tertiary alicyclic amines) is 1. The van der Waals surface area contributed by atoms with E-state index in [0.717, 1.165) is 13.1 Å². The van der Waals surface area contributed by atoms with E-state index in [4.69, 9.17) is 9.47 Å². The molecule has 180 valence electrons. The van der Waals surface area contributed by atoms with Crippen molar-refractivity contribution in [2.45, 2.75) is 26.8 Å². The molecule has 8 heteroatoms. The van der Waals surface area contributed by atoms with Gasteiger partial charge in [-0.2, -0.15) is 0 Å². The number of hydrogen-bond acceptors (Lipinski definition) is 7. The van der Waals surface area contributed by atoms with E-state index in [2.05, 4.69) is 4.90 Å². The number of ketones is 1. The molecule has 0 aromatic heterocycles. The summed E-state index contributed by atoms with van der Waals surface area (Å²) in [4.78, 5) is 41.1. The topological polar surface area (TPSA) is 96.4 Å². The first-order valence-corrected chi connectivity index (χ1v) is 11.2. The van der Waals surface area contributed by atoms with E-state index in [-0.39, 0.29) is 11.3 Å².